The summed E-state index contributed by atoms with van der Waals surface area (Å²) in [5, 5.41) is 8.93. The number of halogens is 4. The van der Waals surface area contributed by atoms with Gasteiger partial charge in [-0.1, -0.05) is 6.07 Å². The van der Waals surface area contributed by atoms with Crippen LogP contribution in [0.15, 0.2) is 35.5 Å². The van der Waals surface area contributed by atoms with Gasteiger partial charge in [-0.05, 0) is 36.2 Å². The highest BCUT2D eigenvalue weighted by molar-refractivity contribution is 5.97. The second kappa shape index (κ2) is 9.04. The highest BCUT2D eigenvalue weighted by Gasteiger charge is 2.48. The lowest BCUT2D eigenvalue weighted by molar-refractivity contribution is -0.0644. The van der Waals surface area contributed by atoms with E-state index >= 15 is 0 Å². The molecule has 0 spiro atoms. The van der Waals surface area contributed by atoms with Crippen LogP contribution in [-0.4, -0.2) is 48.8 Å². The summed E-state index contributed by atoms with van der Waals surface area (Å²) in [6, 6.07) is 7.11. The quantitative estimate of drug-likeness (QED) is 0.518. The summed E-state index contributed by atoms with van der Waals surface area (Å²) in [6.45, 7) is -2.87. The number of amidine groups is 1. The number of nitrogens with two attached hydrogens (primary N) is 1. The Balaban J connectivity index is 1.96. The molecule has 0 bridgehead atoms. The number of aryl methyl sites for hydroxylation is 1. The first-order valence-corrected chi connectivity index (χ1v) is 9.60. The number of nitriles is 1. The number of nitrogens with zero attached hydrogens (tertiary/aromatic N) is 3. The molecule has 0 saturated carbocycles. The van der Waals surface area contributed by atoms with E-state index in [1.54, 1.807) is 6.92 Å². The van der Waals surface area contributed by atoms with Crippen molar-refractivity contribution in [3.63, 3.8) is 0 Å². The lowest BCUT2D eigenvalue weighted by Gasteiger charge is -2.40. The highest BCUT2D eigenvalue weighted by atomic mass is 19.1. The van der Waals surface area contributed by atoms with Crippen LogP contribution in [0, 0.1) is 24.1 Å². The minimum absolute atomic E-state index is 0.147. The fourth-order valence-corrected chi connectivity index (χ4v) is 3.46. The Kier molecular flexibility index (Phi) is 6.60. The molecule has 2 heterocycles. The van der Waals surface area contributed by atoms with Crippen molar-refractivity contribution in [1.29, 1.82) is 5.26 Å². The summed E-state index contributed by atoms with van der Waals surface area (Å²) in [5.74, 6) is -1.83. The average Bonchev–Trinajstić information content (AvgIpc) is 2.80. The number of rotatable bonds is 7. The van der Waals surface area contributed by atoms with Gasteiger partial charge in [0.2, 0.25) is 0 Å². The fraction of sp³-hybridized carbons (Fsp3) is 0.364. The smallest absolute Gasteiger partial charge is 0.185 e. The van der Waals surface area contributed by atoms with Gasteiger partial charge in [-0.25, -0.2) is 17.6 Å². The third kappa shape index (κ3) is 4.08. The number of aromatic nitrogens is 1. The number of hydrogen-bond donors (Lipinski definition) is 1. The van der Waals surface area contributed by atoms with Gasteiger partial charge < -0.3 is 10.5 Å². The third-order valence-corrected chi connectivity index (χ3v) is 5.41. The van der Waals surface area contributed by atoms with Gasteiger partial charge in [0.1, 0.15) is 49.0 Å². The molecule has 1 aromatic heterocycles. The summed E-state index contributed by atoms with van der Waals surface area (Å²) in [5.41, 5.74) is 2.66. The first kappa shape index (κ1) is 23.3. The van der Waals surface area contributed by atoms with Crippen LogP contribution < -0.4 is 5.73 Å². The molecule has 6 nitrogen and oxygen atoms in total. The minimum atomic E-state index is -2.12. The number of alkyl halides is 3. The lowest BCUT2D eigenvalue weighted by atomic mass is 9.87. The van der Waals surface area contributed by atoms with E-state index in [-0.39, 0.29) is 17.7 Å². The second-order valence-electron chi connectivity index (χ2n) is 7.63. The molecule has 168 valence electrons. The summed E-state index contributed by atoms with van der Waals surface area (Å²) in [4.78, 5) is 20.6. The van der Waals surface area contributed by atoms with Crippen LogP contribution in [0.4, 0.5) is 17.6 Å². The van der Waals surface area contributed by atoms with Crippen molar-refractivity contribution in [2.24, 2.45) is 10.7 Å². The van der Waals surface area contributed by atoms with Gasteiger partial charge in [0.05, 0.1) is 12.2 Å². The van der Waals surface area contributed by atoms with Crippen LogP contribution >= 0.6 is 0 Å². The number of ketones is 1. The van der Waals surface area contributed by atoms with E-state index in [1.165, 1.54) is 24.4 Å². The van der Waals surface area contributed by atoms with Gasteiger partial charge in [-0.2, -0.15) is 5.26 Å². The van der Waals surface area contributed by atoms with Crippen molar-refractivity contribution in [2.75, 3.05) is 26.6 Å². The van der Waals surface area contributed by atoms with Crippen LogP contribution in [0.5, 0.6) is 0 Å². The van der Waals surface area contributed by atoms with E-state index in [9.17, 15) is 22.4 Å². The SMILES string of the molecule is Cc1cc(C#N)cnc1C(=O)Cc1ccc(F)c([C@]2(CF)COC(CF)(CF)C(N)=N2)c1. The zero-order valence-corrected chi connectivity index (χ0v) is 17.2. The molecule has 0 saturated heterocycles. The predicted octanol–water partition coefficient (Wildman–Crippen LogP) is 3.06. The van der Waals surface area contributed by atoms with E-state index in [4.69, 9.17) is 15.7 Å². The molecule has 0 radical (unpaired) electrons. The standard InChI is InChI=1S/C22H20F4N4O2/c1-13-4-15(7-27)8-29-19(13)18(31)6-14-2-3-17(26)16(5-14)21(9-23)12-32-22(10-24,11-25)20(28)30-21/h2-5,8H,6,9-12H2,1H3,(H2,28,30)/t21-/m0/s1. The molecule has 0 fully saturated rings. The number of benzene rings is 1. The van der Waals surface area contributed by atoms with Gasteiger partial charge in [0.25, 0.3) is 0 Å². The number of carbonyl (C=O) groups excluding carboxylic acids is 1. The molecule has 1 aliphatic rings. The number of ether oxygens (including phenoxy) is 1. The molecule has 1 aliphatic heterocycles. The van der Waals surface area contributed by atoms with Crippen molar-refractivity contribution < 1.29 is 27.1 Å². The predicted molar refractivity (Wildman–Crippen MR) is 108 cm³/mol. The number of aliphatic imine (C=N–C) groups is 1. The number of pyridine rings is 1. The van der Waals surface area contributed by atoms with Crippen molar-refractivity contribution in [3.05, 3.63) is 64.2 Å². The van der Waals surface area contributed by atoms with Crippen LogP contribution in [-0.2, 0) is 16.7 Å². The van der Waals surface area contributed by atoms with Crippen LogP contribution in [0.2, 0.25) is 0 Å². The molecule has 1 atom stereocenters. The number of carbonyl (C=O) groups is 1. The van der Waals surface area contributed by atoms with Crippen molar-refractivity contribution in [3.8, 4) is 6.07 Å². The Labute approximate surface area is 181 Å². The monoisotopic (exact) mass is 448 g/mol. The Bertz CT molecular complexity index is 1110. The van der Waals surface area contributed by atoms with Gasteiger partial charge in [0, 0.05) is 18.2 Å². The highest BCUT2D eigenvalue weighted by Crippen LogP contribution is 2.36. The average molecular weight is 448 g/mol. The maximum absolute atomic E-state index is 14.7. The van der Waals surface area contributed by atoms with Gasteiger partial charge in [-0.15, -0.1) is 0 Å². The van der Waals surface area contributed by atoms with Crippen molar-refractivity contribution in [2.45, 2.75) is 24.5 Å². The van der Waals surface area contributed by atoms with E-state index in [0.717, 1.165) is 6.07 Å². The molecule has 0 amide bonds. The third-order valence-electron chi connectivity index (χ3n) is 5.41. The molecule has 10 heteroatoms. The van der Waals surface area contributed by atoms with Gasteiger partial charge in [0.15, 0.2) is 11.4 Å². The van der Waals surface area contributed by atoms with E-state index < -0.39 is 55.2 Å². The van der Waals surface area contributed by atoms with Crippen LogP contribution in [0.3, 0.4) is 0 Å². The lowest BCUT2D eigenvalue weighted by Crippen LogP contribution is -2.58. The summed E-state index contributed by atoms with van der Waals surface area (Å²) in [6.07, 6.45) is 1.08. The summed E-state index contributed by atoms with van der Waals surface area (Å²) < 4.78 is 60.6. The zero-order chi connectivity index (χ0) is 23.5. The van der Waals surface area contributed by atoms with Gasteiger partial charge in [-0.3, -0.25) is 14.8 Å². The number of Topliss-reactive ketones (excluding diaryl/α,β-unsaturated/α-hetero) is 1. The topological polar surface area (TPSA) is 101 Å². The van der Waals surface area contributed by atoms with E-state index in [1.807, 2.05) is 6.07 Å². The molecule has 32 heavy (non-hydrogen) atoms. The molecule has 0 aliphatic carbocycles. The fourth-order valence-electron chi connectivity index (χ4n) is 3.46. The molecule has 1 aromatic carbocycles. The Morgan fingerprint density at radius 3 is 2.53 bits per heavy atom. The van der Waals surface area contributed by atoms with E-state index in [2.05, 4.69) is 9.98 Å². The van der Waals surface area contributed by atoms with Crippen molar-refractivity contribution in [1.82, 2.24) is 4.98 Å². The van der Waals surface area contributed by atoms with Crippen LogP contribution in [0.25, 0.3) is 0 Å². The molecule has 2 aromatic rings. The normalized spacial score (nSPS) is 19.8. The van der Waals surface area contributed by atoms with Crippen LogP contribution in [0.1, 0.15) is 32.7 Å². The first-order chi connectivity index (χ1) is 15.2. The van der Waals surface area contributed by atoms with Crippen molar-refractivity contribution >= 4 is 11.6 Å². The molecule has 0 unspecified atom stereocenters. The summed E-state index contributed by atoms with van der Waals surface area (Å²) in [7, 11) is 0. The summed E-state index contributed by atoms with van der Waals surface area (Å²) >= 11 is 0. The Morgan fingerprint density at radius 1 is 1.25 bits per heavy atom. The Morgan fingerprint density at radius 2 is 1.97 bits per heavy atom. The maximum Gasteiger partial charge on any atom is 0.185 e. The largest absolute Gasteiger partial charge is 0.385 e. The number of hydrogen-bond acceptors (Lipinski definition) is 6. The molecular weight excluding hydrogens is 428 g/mol. The zero-order valence-electron chi connectivity index (χ0n) is 17.2. The maximum atomic E-state index is 14.7. The Hall–Kier alpha value is -3.32. The molecule has 3 rings (SSSR count). The molecule has 2 N–H and O–H groups in total. The van der Waals surface area contributed by atoms with E-state index in [0.29, 0.717) is 16.7 Å². The second-order valence-corrected chi connectivity index (χ2v) is 7.63. The first-order valence-electron chi connectivity index (χ1n) is 9.60. The van der Waals surface area contributed by atoms with Gasteiger partial charge >= 0.3 is 0 Å². The molecular formula is C22H20F4N4O2. The minimum Gasteiger partial charge on any atom is -0.385 e.